The number of carbonyl (C=O) groups excluding carboxylic acids is 1. The maximum Gasteiger partial charge on any atom is 0.408 e. The number of amides is 1. The van der Waals surface area contributed by atoms with Crippen LogP contribution in [0.4, 0.5) is 4.79 Å². The molecule has 1 atom stereocenters. The van der Waals surface area contributed by atoms with Crippen LogP contribution in [0.25, 0.3) is 0 Å². The first-order chi connectivity index (χ1) is 8.29. The van der Waals surface area contributed by atoms with Crippen LogP contribution in [0.15, 0.2) is 0 Å². The molecular formula is C13H26N2O3. The van der Waals surface area contributed by atoms with Crippen LogP contribution >= 0.6 is 0 Å². The third-order valence-electron chi connectivity index (χ3n) is 3.38. The molecule has 1 heterocycles. The fourth-order valence-corrected chi connectivity index (χ4v) is 2.24. The molecule has 1 fully saturated rings. The van der Waals surface area contributed by atoms with E-state index in [0.717, 1.165) is 25.9 Å². The van der Waals surface area contributed by atoms with E-state index in [9.17, 15) is 4.79 Å². The van der Waals surface area contributed by atoms with Crippen molar-refractivity contribution < 1.29 is 14.3 Å². The summed E-state index contributed by atoms with van der Waals surface area (Å²) in [6, 6.07) is 0. The zero-order chi connectivity index (χ0) is 13.8. The van der Waals surface area contributed by atoms with Crippen molar-refractivity contribution in [3.8, 4) is 0 Å². The van der Waals surface area contributed by atoms with E-state index in [2.05, 4.69) is 10.6 Å². The van der Waals surface area contributed by atoms with Crippen molar-refractivity contribution in [2.45, 2.75) is 57.8 Å². The summed E-state index contributed by atoms with van der Waals surface area (Å²) >= 11 is 0. The summed E-state index contributed by atoms with van der Waals surface area (Å²) in [6.07, 6.45) is 1.29. The first-order valence-electron chi connectivity index (χ1n) is 6.54. The number of methoxy groups -OCH3 is 1. The Morgan fingerprint density at radius 2 is 1.89 bits per heavy atom. The Bertz CT molecular complexity index is 280. The molecule has 0 bridgehead atoms. The molecule has 1 saturated heterocycles. The van der Waals surface area contributed by atoms with Crippen molar-refractivity contribution in [2.75, 3.05) is 20.2 Å². The largest absolute Gasteiger partial charge is 0.444 e. The third kappa shape index (κ3) is 4.14. The van der Waals surface area contributed by atoms with Crippen LogP contribution in [0.5, 0.6) is 0 Å². The lowest BCUT2D eigenvalue weighted by Crippen LogP contribution is -2.61. The molecule has 2 N–H and O–H groups in total. The van der Waals surface area contributed by atoms with Gasteiger partial charge in [0.2, 0.25) is 0 Å². The van der Waals surface area contributed by atoms with Crippen LogP contribution in [0.3, 0.4) is 0 Å². The molecule has 1 aliphatic heterocycles. The number of ether oxygens (including phenoxy) is 2. The fourth-order valence-electron chi connectivity index (χ4n) is 2.24. The Hall–Kier alpha value is -0.810. The molecule has 5 nitrogen and oxygen atoms in total. The van der Waals surface area contributed by atoms with E-state index in [4.69, 9.17) is 9.47 Å². The number of carbonyl (C=O) groups is 1. The standard InChI is InChI=1S/C13H26N2O3/c1-10(17-5)13(6-8-14-9-7-13)15-11(16)18-12(2,3)4/h10,14H,6-9H2,1-5H3,(H,15,16). The van der Waals surface area contributed by atoms with E-state index in [1.54, 1.807) is 7.11 Å². The molecule has 0 aromatic rings. The molecule has 0 radical (unpaired) electrons. The smallest absolute Gasteiger partial charge is 0.408 e. The highest BCUT2D eigenvalue weighted by molar-refractivity contribution is 5.69. The predicted octanol–water partition coefficient (Wildman–Crippen LogP) is 1.67. The van der Waals surface area contributed by atoms with Crippen LogP contribution in [-0.4, -0.2) is 43.5 Å². The van der Waals surface area contributed by atoms with E-state index in [1.807, 2.05) is 27.7 Å². The maximum atomic E-state index is 11.9. The molecule has 0 saturated carbocycles. The second-order valence-electron chi connectivity index (χ2n) is 5.91. The quantitative estimate of drug-likeness (QED) is 0.808. The molecule has 1 aliphatic rings. The summed E-state index contributed by atoms with van der Waals surface area (Å²) in [5.41, 5.74) is -0.809. The molecular weight excluding hydrogens is 232 g/mol. The Kier molecular flexibility index (Phi) is 4.99. The molecule has 0 aromatic heterocycles. The van der Waals surface area contributed by atoms with Gasteiger partial charge in [0.05, 0.1) is 11.6 Å². The van der Waals surface area contributed by atoms with Gasteiger partial charge < -0.3 is 20.1 Å². The van der Waals surface area contributed by atoms with Gasteiger partial charge in [-0.2, -0.15) is 0 Å². The summed E-state index contributed by atoms with van der Waals surface area (Å²) in [7, 11) is 1.67. The van der Waals surface area contributed by atoms with Crippen LogP contribution in [-0.2, 0) is 9.47 Å². The first-order valence-corrected chi connectivity index (χ1v) is 6.54. The van der Waals surface area contributed by atoms with Gasteiger partial charge in [0.1, 0.15) is 5.60 Å². The van der Waals surface area contributed by atoms with E-state index in [0.29, 0.717) is 0 Å². The van der Waals surface area contributed by atoms with Gasteiger partial charge in [-0.15, -0.1) is 0 Å². The second-order valence-corrected chi connectivity index (χ2v) is 5.91. The van der Waals surface area contributed by atoms with E-state index >= 15 is 0 Å². The Labute approximate surface area is 110 Å². The molecule has 18 heavy (non-hydrogen) atoms. The molecule has 1 amide bonds. The number of nitrogens with one attached hydrogen (secondary N) is 2. The fraction of sp³-hybridized carbons (Fsp3) is 0.923. The second kappa shape index (κ2) is 5.89. The lowest BCUT2D eigenvalue weighted by Gasteiger charge is -2.42. The highest BCUT2D eigenvalue weighted by Gasteiger charge is 2.40. The molecule has 106 valence electrons. The SMILES string of the molecule is COC(C)C1(NC(=O)OC(C)(C)C)CCNCC1. The molecule has 0 aliphatic carbocycles. The van der Waals surface area contributed by atoms with Gasteiger partial charge in [-0.25, -0.2) is 4.79 Å². The van der Waals surface area contributed by atoms with Crippen molar-refractivity contribution in [1.82, 2.24) is 10.6 Å². The van der Waals surface area contributed by atoms with Crippen molar-refractivity contribution in [3.63, 3.8) is 0 Å². The van der Waals surface area contributed by atoms with Crippen LogP contribution in [0.1, 0.15) is 40.5 Å². The Balaban J connectivity index is 2.70. The van der Waals surface area contributed by atoms with Gasteiger partial charge in [0.25, 0.3) is 0 Å². The number of hydrogen-bond donors (Lipinski definition) is 2. The molecule has 1 rings (SSSR count). The van der Waals surface area contributed by atoms with Crippen LogP contribution < -0.4 is 10.6 Å². The zero-order valence-electron chi connectivity index (χ0n) is 12.1. The van der Waals surface area contributed by atoms with E-state index in [1.165, 1.54) is 0 Å². The minimum Gasteiger partial charge on any atom is -0.444 e. The monoisotopic (exact) mass is 258 g/mol. The third-order valence-corrected chi connectivity index (χ3v) is 3.38. The lowest BCUT2D eigenvalue weighted by atomic mass is 9.83. The molecule has 0 aromatic carbocycles. The minimum atomic E-state index is -0.478. The summed E-state index contributed by atoms with van der Waals surface area (Å²) in [5.74, 6) is 0. The highest BCUT2D eigenvalue weighted by Crippen LogP contribution is 2.25. The van der Waals surface area contributed by atoms with Crippen molar-refractivity contribution in [3.05, 3.63) is 0 Å². The Morgan fingerprint density at radius 3 is 2.33 bits per heavy atom. The average Bonchev–Trinajstić information content (AvgIpc) is 2.26. The minimum absolute atomic E-state index is 0.0351. The summed E-state index contributed by atoms with van der Waals surface area (Å²) in [4.78, 5) is 11.9. The Morgan fingerprint density at radius 1 is 1.33 bits per heavy atom. The average molecular weight is 258 g/mol. The van der Waals surface area contributed by atoms with Gasteiger partial charge in [-0.3, -0.25) is 0 Å². The summed E-state index contributed by atoms with van der Waals surface area (Å²) in [5, 5.41) is 6.31. The topological polar surface area (TPSA) is 59.6 Å². The number of rotatable bonds is 3. The van der Waals surface area contributed by atoms with Gasteiger partial charge >= 0.3 is 6.09 Å². The number of piperidine rings is 1. The molecule has 5 heteroatoms. The van der Waals surface area contributed by atoms with Crippen molar-refractivity contribution in [2.24, 2.45) is 0 Å². The number of hydrogen-bond acceptors (Lipinski definition) is 4. The normalized spacial score (nSPS) is 21.2. The predicted molar refractivity (Wildman–Crippen MR) is 70.7 cm³/mol. The first kappa shape index (κ1) is 15.2. The van der Waals surface area contributed by atoms with Gasteiger partial charge in [0, 0.05) is 7.11 Å². The van der Waals surface area contributed by atoms with Gasteiger partial charge in [0.15, 0.2) is 0 Å². The summed E-state index contributed by atoms with van der Waals surface area (Å²) < 4.78 is 10.8. The highest BCUT2D eigenvalue weighted by atomic mass is 16.6. The van der Waals surface area contributed by atoms with E-state index in [-0.39, 0.29) is 17.7 Å². The van der Waals surface area contributed by atoms with Crippen molar-refractivity contribution in [1.29, 1.82) is 0 Å². The summed E-state index contributed by atoms with van der Waals surface area (Å²) in [6.45, 7) is 9.33. The van der Waals surface area contributed by atoms with Gasteiger partial charge in [-0.1, -0.05) is 0 Å². The van der Waals surface area contributed by atoms with Crippen LogP contribution in [0.2, 0.25) is 0 Å². The molecule has 0 spiro atoms. The zero-order valence-corrected chi connectivity index (χ0v) is 12.1. The van der Waals surface area contributed by atoms with Crippen LogP contribution in [0, 0.1) is 0 Å². The molecule has 1 unspecified atom stereocenters. The van der Waals surface area contributed by atoms with E-state index < -0.39 is 5.60 Å². The lowest BCUT2D eigenvalue weighted by molar-refractivity contribution is -0.00230. The number of alkyl carbamates (subject to hydrolysis) is 1. The maximum absolute atomic E-state index is 11.9. The van der Waals surface area contributed by atoms with Gasteiger partial charge in [-0.05, 0) is 53.6 Å². The van der Waals surface area contributed by atoms with Crippen molar-refractivity contribution >= 4 is 6.09 Å².